The number of fused-ring (bicyclic) bond motifs is 1. The van der Waals surface area contributed by atoms with Crippen LogP contribution in [0.25, 0.3) is 0 Å². The van der Waals surface area contributed by atoms with Crippen molar-refractivity contribution in [1.29, 1.82) is 0 Å². The number of benzene rings is 1. The summed E-state index contributed by atoms with van der Waals surface area (Å²) < 4.78 is 27.1. The molecule has 1 aromatic heterocycles. The first-order chi connectivity index (χ1) is 15.7. The number of sulfonamides is 1. The molecule has 1 fully saturated rings. The number of nitrogens with zero attached hydrogens (tertiary/aromatic N) is 3. The molecule has 4 rings (SSSR count). The molecule has 0 aliphatic carbocycles. The van der Waals surface area contributed by atoms with Gasteiger partial charge in [-0.2, -0.15) is 0 Å². The molecule has 2 aromatic rings. The van der Waals surface area contributed by atoms with E-state index in [1.54, 1.807) is 4.90 Å². The molecule has 2 amide bonds. The van der Waals surface area contributed by atoms with Gasteiger partial charge >= 0.3 is 0 Å². The Morgan fingerprint density at radius 2 is 1.82 bits per heavy atom. The number of halogens is 1. The summed E-state index contributed by atoms with van der Waals surface area (Å²) in [7, 11) is -3.24. The SMILES string of the molecule is Cc1ccc(CNC(=O)c2cc(Br)c3n(c2=O)CCN(CCN2CCCS2(=O)=O)C3=O)cc1. The van der Waals surface area contributed by atoms with Gasteiger partial charge in [0, 0.05) is 43.7 Å². The number of carbonyl (C=O) groups is 2. The minimum Gasteiger partial charge on any atom is -0.348 e. The average molecular weight is 537 g/mol. The van der Waals surface area contributed by atoms with Crippen molar-refractivity contribution in [3.63, 3.8) is 0 Å². The van der Waals surface area contributed by atoms with Gasteiger partial charge in [0.25, 0.3) is 17.4 Å². The third-order valence-electron chi connectivity index (χ3n) is 5.97. The Morgan fingerprint density at radius 1 is 1.09 bits per heavy atom. The molecule has 9 nitrogen and oxygen atoms in total. The quantitative estimate of drug-likeness (QED) is 0.599. The zero-order chi connectivity index (χ0) is 23.8. The normalized spacial score (nSPS) is 17.8. The standard InChI is InChI=1S/C22H25BrN4O5S/c1-15-3-5-16(6-4-15)14-24-20(28)17-13-18(23)19-22(30)25(9-11-27(19)21(17)29)8-10-26-7-2-12-33(26,31)32/h3-6,13H,2,7-12,14H2,1H3,(H,24,28). The number of nitrogens with one attached hydrogen (secondary N) is 1. The van der Waals surface area contributed by atoms with Gasteiger partial charge in [-0.3, -0.25) is 14.4 Å². The first kappa shape index (κ1) is 23.7. The fourth-order valence-corrected chi connectivity index (χ4v) is 6.20. The summed E-state index contributed by atoms with van der Waals surface area (Å²) in [6.45, 7) is 3.69. The molecule has 3 heterocycles. The van der Waals surface area contributed by atoms with Crippen molar-refractivity contribution in [1.82, 2.24) is 19.1 Å². The minimum atomic E-state index is -3.24. The van der Waals surface area contributed by atoms with E-state index in [-0.39, 0.29) is 55.6 Å². The predicted molar refractivity (Wildman–Crippen MR) is 127 cm³/mol. The summed E-state index contributed by atoms with van der Waals surface area (Å²) in [6, 6.07) is 9.09. The molecular weight excluding hydrogens is 512 g/mol. The van der Waals surface area contributed by atoms with Crippen LogP contribution < -0.4 is 10.9 Å². The lowest BCUT2D eigenvalue weighted by Gasteiger charge is -2.31. The van der Waals surface area contributed by atoms with Crippen LogP contribution in [0.3, 0.4) is 0 Å². The highest BCUT2D eigenvalue weighted by atomic mass is 79.9. The molecule has 0 spiro atoms. The Morgan fingerprint density at radius 3 is 2.48 bits per heavy atom. The van der Waals surface area contributed by atoms with Gasteiger partial charge in [-0.15, -0.1) is 0 Å². The highest BCUT2D eigenvalue weighted by molar-refractivity contribution is 9.10. The second-order valence-electron chi connectivity index (χ2n) is 8.24. The van der Waals surface area contributed by atoms with Gasteiger partial charge in [0.2, 0.25) is 10.0 Å². The molecule has 0 unspecified atom stereocenters. The highest BCUT2D eigenvalue weighted by Crippen LogP contribution is 2.22. The maximum atomic E-state index is 13.0. The van der Waals surface area contributed by atoms with E-state index in [1.807, 2.05) is 31.2 Å². The van der Waals surface area contributed by atoms with Gasteiger partial charge < -0.3 is 14.8 Å². The number of amides is 2. The molecule has 0 saturated carbocycles. The summed E-state index contributed by atoms with van der Waals surface area (Å²) in [5.74, 6) is -0.737. The Hall–Kier alpha value is -2.50. The molecule has 0 bridgehead atoms. The van der Waals surface area contributed by atoms with Gasteiger partial charge in [-0.25, -0.2) is 12.7 Å². The van der Waals surface area contributed by atoms with E-state index in [0.717, 1.165) is 11.1 Å². The fraction of sp³-hybridized carbons (Fsp3) is 0.409. The molecule has 2 aliphatic rings. The maximum absolute atomic E-state index is 13.0. The Bertz CT molecular complexity index is 1260. The molecular formula is C22H25BrN4O5S. The molecule has 2 aliphatic heterocycles. The number of pyridine rings is 1. The molecule has 1 aromatic carbocycles. The summed E-state index contributed by atoms with van der Waals surface area (Å²) in [5.41, 5.74) is 1.64. The molecule has 0 radical (unpaired) electrons. The van der Waals surface area contributed by atoms with Crippen LogP contribution in [-0.4, -0.2) is 65.9 Å². The lowest BCUT2D eigenvalue weighted by atomic mass is 10.1. The summed E-state index contributed by atoms with van der Waals surface area (Å²) in [4.78, 5) is 40.3. The van der Waals surface area contributed by atoms with Crippen LogP contribution in [0.1, 0.15) is 38.4 Å². The lowest BCUT2D eigenvalue weighted by molar-refractivity contribution is 0.0690. The monoisotopic (exact) mass is 536 g/mol. The Kier molecular flexibility index (Phi) is 6.73. The highest BCUT2D eigenvalue weighted by Gasteiger charge is 2.32. The van der Waals surface area contributed by atoms with Gasteiger partial charge in [-0.1, -0.05) is 29.8 Å². The second kappa shape index (κ2) is 9.40. The molecule has 176 valence electrons. The van der Waals surface area contributed by atoms with Crippen molar-refractivity contribution < 1.29 is 18.0 Å². The van der Waals surface area contributed by atoms with Crippen molar-refractivity contribution in [3.8, 4) is 0 Å². The topological polar surface area (TPSA) is 109 Å². The number of aromatic nitrogens is 1. The van der Waals surface area contributed by atoms with Crippen molar-refractivity contribution >= 4 is 37.8 Å². The first-order valence-electron chi connectivity index (χ1n) is 10.7. The van der Waals surface area contributed by atoms with Gasteiger partial charge in [0.15, 0.2) is 0 Å². The minimum absolute atomic E-state index is 0.0397. The van der Waals surface area contributed by atoms with E-state index >= 15 is 0 Å². The third kappa shape index (κ3) is 4.90. The van der Waals surface area contributed by atoms with Gasteiger partial charge in [0.05, 0.1) is 5.75 Å². The van der Waals surface area contributed by atoms with Crippen molar-refractivity contribution in [2.45, 2.75) is 26.4 Å². The third-order valence-corrected chi connectivity index (χ3v) is 8.53. The average Bonchev–Trinajstić information content (AvgIpc) is 3.12. The zero-order valence-corrected chi connectivity index (χ0v) is 20.6. The van der Waals surface area contributed by atoms with E-state index in [2.05, 4.69) is 21.2 Å². The van der Waals surface area contributed by atoms with Gasteiger partial charge in [-0.05, 0) is 40.9 Å². The number of carbonyl (C=O) groups excluding carboxylic acids is 2. The van der Waals surface area contributed by atoms with Crippen molar-refractivity contribution in [2.75, 3.05) is 31.9 Å². The Balaban J connectivity index is 1.48. The van der Waals surface area contributed by atoms with Crippen LogP contribution in [0, 0.1) is 6.92 Å². The zero-order valence-electron chi connectivity index (χ0n) is 18.2. The number of rotatable bonds is 6. The van der Waals surface area contributed by atoms with Gasteiger partial charge in [0.1, 0.15) is 11.3 Å². The lowest BCUT2D eigenvalue weighted by Crippen LogP contribution is -2.48. The molecule has 1 N–H and O–H groups in total. The van der Waals surface area contributed by atoms with Crippen LogP contribution >= 0.6 is 15.9 Å². The largest absolute Gasteiger partial charge is 0.348 e. The van der Waals surface area contributed by atoms with Crippen LogP contribution in [-0.2, 0) is 23.1 Å². The van der Waals surface area contributed by atoms with E-state index < -0.39 is 21.5 Å². The summed E-state index contributed by atoms with van der Waals surface area (Å²) in [6.07, 6.45) is 0.592. The summed E-state index contributed by atoms with van der Waals surface area (Å²) >= 11 is 3.35. The van der Waals surface area contributed by atoms with E-state index in [1.165, 1.54) is 14.9 Å². The molecule has 11 heteroatoms. The number of hydrogen-bond donors (Lipinski definition) is 1. The van der Waals surface area contributed by atoms with Crippen molar-refractivity contribution in [3.05, 3.63) is 67.5 Å². The smallest absolute Gasteiger partial charge is 0.271 e. The van der Waals surface area contributed by atoms with Crippen LogP contribution in [0.2, 0.25) is 0 Å². The second-order valence-corrected chi connectivity index (χ2v) is 11.2. The maximum Gasteiger partial charge on any atom is 0.271 e. The van der Waals surface area contributed by atoms with E-state index in [0.29, 0.717) is 17.4 Å². The molecule has 33 heavy (non-hydrogen) atoms. The molecule has 0 atom stereocenters. The fourth-order valence-electron chi connectivity index (χ4n) is 4.07. The molecule has 1 saturated heterocycles. The Labute approximate surface area is 200 Å². The number of hydrogen-bond acceptors (Lipinski definition) is 5. The van der Waals surface area contributed by atoms with E-state index in [4.69, 9.17) is 0 Å². The first-order valence-corrected chi connectivity index (χ1v) is 13.1. The van der Waals surface area contributed by atoms with Crippen LogP contribution in [0.4, 0.5) is 0 Å². The predicted octanol–water partition coefficient (Wildman–Crippen LogP) is 1.34. The van der Waals surface area contributed by atoms with Crippen LogP contribution in [0.15, 0.2) is 39.6 Å². The summed E-state index contributed by atoms with van der Waals surface area (Å²) in [5, 5.41) is 2.76. The van der Waals surface area contributed by atoms with E-state index in [9.17, 15) is 22.8 Å². The van der Waals surface area contributed by atoms with Crippen LogP contribution in [0.5, 0.6) is 0 Å². The number of aryl methyl sites for hydroxylation is 1. The van der Waals surface area contributed by atoms with Crippen molar-refractivity contribution in [2.24, 2.45) is 0 Å².